The summed E-state index contributed by atoms with van der Waals surface area (Å²) in [5.74, 6) is -0.0849. The number of benzene rings is 1. The predicted octanol–water partition coefficient (Wildman–Crippen LogP) is 2.57. The molecule has 0 radical (unpaired) electrons. The molecule has 1 aromatic carbocycles. The van der Waals surface area contributed by atoms with Crippen LogP contribution in [0.5, 0.6) is 5.88 Å². The van der Waals surface area contributed by atoms with Gasteiger partial charge >= 0.3 is 0 Å². The molecule has 0 saturated carbocycles. The van der Waals surface area contributed by atoms with Crippen LogP contribution in [0.15, 0.2) is 35.3 Å². The number of para-hydroxylation sites is 1. The molecule has 0 spiro atoms. The number of aromatic nitrogens is 2. The normalized spacial score (nSPS) is 12.4. The lowest BCUT2D eigenvalue weighted by molar-refractivity contribution is 0.0526. The standard InChI is InChI=1S/C18H15Cl3N2O5/c19-11-2-1-3-12(20)16(11)23-9(6-24)4-14(27)15-17(23)13(21)5-22-18(15)28-8-10(26)7-25/h1-5,10,24-26H,6-8H2/t10-/m0/s1. The average Bonchev–Trinajstić information content (AvgIpc) is 2.68. The molecule has 0 aliphatic rings. The summed E-state index contributed by atoms with van der Waals surface area (Å²) in [5, 5.41) is 29.0. The fourth-order valence-corrected chi connectivity index (χ4v) is 3.54. The van der Waals surface area contributed by atoms with Crippen LogP contribution in [0.1, 0.15) is 5.69 Å². The van der Waals surface area contributed by atoms with Crippen LogP contribution >= 0.6 is 34.8 Å². The average molecular weight is 446 g/mol. The second-order valence-corrected chi connectivity index (χ2v) is 7.07. The van der Waals surface area contributed by atoms with Gasteiger partial charge in [-0.05, 0) is 12.1 Å². The number of aliphatic hydroxyl groups excluding tert-OH is 3. The molecule has 0 fully saturated rings. The van der Waals surface area contributed by atoms with Crippen LogP contribution in [0.3, 0.4) is 0 Å². The molecule has 7 nitrogen and oxygen atoms in total. The number of ether oxygens (including phenoxy) is 1. The van der Waals surface area contributed by atoms with Crippen molar-refractivity contribution in [2.45, 2.75) is 12.7 Å². The van der Waals surface area contributed by atoms with E-state index in [4.69, 9.17) is 44.6 Å². The van der Waals surface area contributed by atoms with E-state index in [2.05, 4.69) is 4.98 Å². The van der Waals surface area contributed by atoms with E-state index in [1.54, 1.807) is 18.2 Å². The Bertz CT molecular complexity index is 1070. The highest BCUT2D eigenvalue weighted by Gasteiger charge is 2.21. The minimum atomic E-state index is -1.15. The van der Waals surface area contributed by atoms with Crippen LogP contribution in [-0.4, -0.2) is 44.2 Å². The highest BCUT2D eigenvalue weighted by molar-refractivity contribution is 6.38. The van der Waals surface area contributed by atoms with Gasteiger partial charge in [0.1, 0.15) is 18.1 Å². The second-order valence-electron chi connectivity index (χ2n) is 5.85. The zero-order valence-electron chi connectivity index (χ0n) is 14.3. The van der Waals surface area contributed by atoms with Crippen molar-refractivity contribution < 1.29 is 20.1 Å². The van der Waals surface area contributed by atoms with Crippen molar-refractivity contribution in [2.24, 2.45) is 0 Å². The highest BCUT2D eigenvalue weighted by atomic mass is 35.5. The minimum absolute atomic E-state index is 0.0193. The maximum atomic E-state index is 12.7. The lowest BCUT2D eigenvalue weighted by atomic mass is 10.1. The molecular formula is C18H15Cl3N2O5. The van der Waals surface area contributed by atoms with Crippen molar-refractivity contribution in [3.8, 4) is 11.6 Å². The maximum Gasteiger partial charge on any atom is 0.227 e. The summed E-state index contributed by atoms with van der Waals surface area (Å²) in [6.45, 7) is -1.28. The number of halogens is 3. The number of hydrogen-bond acceptors (Lipinski definition) is 6. The first kappa shape index (κ1) is 20.9. The van der Waals surface area contributed by atoms with Gasteiger partial charge in [0.2, 0.25) is 5.88 Å². The maximum absolute atomic E-state index is 12.7. The fraction of sp³-hybridized carbons (Fsp3) is 0.222. The van der Waals surface area contributed by atoms with E-state index in [0.29, 0.717) is 5.69 Å². The van der Waals surface area contributed by atoms with E-state index in [1.165, 1.54) is 16.8 Å². The van der Waals surface area contributed by atoms with Crippen molar-refractivity contribution in [3.05, 3.63) is 61.4 Å². The number of pyridine rings is 2. The van der Waals surface area contributed by atoms with Gasteiger partial charge in [0.05, 0.1) is 51.4 Å². The SMILES string of the molecule is O=c1cc(CO)n(-c2c(Cl)cccc2Cl)c2c(Cl)cnc(OC[C@@H](O)CO)c12. The summed E-state index contributed by atoms with van der Waals surface area (Å²) in [5.41, 5.74) is 0.231. The lowest BCUT2D eigenvalue weighted by Gasteiger charge is -2.20. The zero-order valence-corrected chi connectivity index (χ0v) is 16.5. The molecule has 3 N–H and O–H groups in total. The summed E-state index contributed by atoms with van der Waals surface area (Å²) >= 11 is 19.0. The van der Waals surface area contributed by atoms with E-state index in [0.717, 1.165) is 0 Å². The molecule has 10 heteroatoms. The van der Waals surface area contributed by atoms with E-state index in [9.17, 15) is 15.0 Å². The topological polar surface area (TPSA) is 105 Å². The summed E-state index contributed by atoms with van der Waals surface area (Å²) in [6, 6.07) is 6.08. The zero-order chi connectivity index (χ0) is 20.4. The van der Waals surface area contributed by atoms with Crippen molar-refractivity contribution >= 4 is 45.7 Å². The van der Waals surface area contributed by atoms with E-state index in [-0.39, 0.29) is 44.2 Å². The van der Waals surface area contributed by atoms with E-state index >= 15 is 0 Å². The molecule has 0 aliphatic carbocycles. The highest BCUT2D eigenvalue weighted by Crippen LogP contribution is 2.35. The molecule has 28 heavy (non-hydrogen) atoms. The summed E-state index contributed by atoms with van der Waals surface area (Å²) < 4.78 is 6.88. The van der Waals surface area contributed by atoms with Crippen LogP contribution < -0.4 is 10.2 Å². The Morgan fingerprint density at radius 2 is 1.82 bits per heavy atom. The molecule has 0 saturated heterocycles. The van der Waals surface area contributed by atoms with Gasteiger partial charge in [-0.3, -0.25) is 4.79 Å². The minimum Gasteiger partial charge on any atom is -0.474 e. The van der Waals surface area contributed by atoms with E-state index < -0.39 is 24.7 Å². The smallest absolute Gasteiger partial charge is 0.227 e. The van der Waals surface area contributed by atoms with Gasteiger partial charge in [0.15, 0.2) is 5.43 Å². The lowest BCUT2D eigenvalue weighted by Crippen LogP contribution is -2.23. The molecule has 0 unspecified atom stereocenters. The number of aliphatic hydroxyl groups is 3. The quantitative estimate of drug-likeness (QED) is 0.539. The molecule has 0 amide bonds. The number of hydrogen-bond donors (Lipinski definition) is 3. The Kier molecular flexibility index (Phi) is 6.44. The van der Waals surface area contributed by atoms with Crippen molar-refractivity contribution in [1.29, 1.82) is 0 Å². The Hall–Kier alpha value is -1.87. The second kappa shape index (κ2) is 8.65. The summed E-state index contributed by atoms with van der Waals surface area (Å²) in [7, 11) is 0. The van der Waals surface area contributed by atoms with Crippen molar-refractivity contribution in [3.63, 3.8) is 0 Å². The van der Waals surface area contributed by atoms with Gasteiger partial charge in [0.25, 0.3) is 0 Å². The predicted molar refractivity (Wildman–Crippen MR) is 107 cm³/mol. The van der Waals surface area contributed by atoms with Crippen molar-refractivity contribution in [2.75, 3.05) is 13.2 Å². The van der Waals surface area contributed by atoms with Crippen LogP contribution in [0.2, 0.25) is 15.1 Å². The number of fused-ring (bicyclic) bond motifs is 1. The molecule has 0 bridgehead atoms. The number of rotatable bonds is 6. The van der Waals surface area contributed by atoms with Gasteiger partial charge in [0, 0.05) is 6.07 Å². The van der Waals surface area contributed by atoms with Crippen LogP contribution in [0, 0.1) is 0 Å². The van der Waals surface area contributed by atoms with Crippen LogP contribution in [0.25, 0.3) is 16.6 Å². The molecule has 0 aliphatic heterocycles. The molecule has 2 heterocycles. The summed E-state index contributed by atoms with van der Waals surface area (Å²) in [6.07, 6.45) is 0.122. The molecular weight excluding hydrogens is 431 g/mol. The Labute approximate surface area is 174 Å². The third kappa shape index (κ3) is 3.82. The third-order valence-electron chi connectivity index (χ3n) is 3.97. The molecule has 1 atom stereocenters. The van der Waals surface area contributed by atoms with Gasteiger partial charge in [-0.1, -0.05) is 40.9 Å². The van der Waals surface area contributed by atoms with Gasteiger partial charge in [-0.25, -0.2) is 4.98 Å². The van der Waals surface area contributed by atoms with Gasteiger partial charge in [-0.15, -0.1) is 0 Å². The van der Waals surface area contributed by atoms with Crippen molar-refractivity contribution in [1.82, 2.24) is 9.55 Å². The molecule has 148 valence electrons. The first-order valence-electron chi connectivity index (χ1n) is 8.09. The third-order valence-corrected chi connectivity index (χ3v) is 4.86. The largest absolute Gasteiger partial charge is 0.474 e. The van der Waals surface area contributed by atoms with Crippen LogP contribution in [0.4, 0.5) is 0 Å². The first-order chi connectivity index (χ1) is 13.4. The van der Waals surface area contributed by atoms with Crippen LogP contribution in [-0.2, 0) is 6.61 Å². The number of nitrogens with zero attached hydrogens (tertiary/aromatic N) is 2. The summed E-state index contributed by atoms with van der Waals surface area (Å²) in [4.78, 5) is 16.7. The Balaban J connectivity index is 2.38. The first-order valence-corrected chi connectivity index (χ1v) is 9.22. The molecule has 3 aromatic rings. The Morgan fingerprint density at radius 1 is 1.14 bits per heavy atom. The van der Waals surface area contributed by atoms with Gasteiger partial charge < -0.3 is 24.6 Å². The molecule has 3 rings (SSSR count). The monoisotopic (exact) mass is 444 g/mol. The molecule has 2 aromatic heterocycles. The van der Waals surface area contributed by atoms with Gasteiger partial charge in [-0.2, -0.15) is 0 Å². The fourth-order valence-electron chi connectivity index (χ4n) is 2.75. The Morgan fingerprint density at radius 3 is 2.43 bits per heavy atom. The van der Waals surface area contributed by atoms with E-state index in [1.807, 2.05) is 0 Å².